The summed E-state index contributed by atoms with van der Waals surface area (Å²) in [6.45, 7) is 4.47. The number of rotatable bonds is 7. The van der Waals surface area contributed by atoms with Gasteiger partial charge in [-0.2, -0.15) is 0 Å². The Morgan fingerprint density at radius 1 is 1.29 bits per heavy atom. The van der Waals surface area contributed by atoms with Gasteiger partial charge in [0, 0.05) is 4.47 Å². The fraction of sp³-hybridized carbons (Fsp3) is 0.533. The molecule has 1 aliphatic rings. The molecule has 0 saturated carbocycles. The summed E-state index contributed by atoms with van der Waals surface area (Å²) in [5.74, 6) is -0.309. The lowest BCUT2D eigenvalue weighted by molar-refractivity contribution is -0.906. The fourth-order valence-corrected chi connectivity index (χ4v) is 3.60. The van der Waals surface area contributed by atoms with Crippen molar-refractivity contribution >= 4 is 37.5 Å². The minimum atomic E-state index is -3.54. The Morgan fingerprint density at radius 2 is 1.92 bits per heavy atom. The first-order chi connectivity index (χ1) is 11.4. The van der Waals surface area contributed by atoms with Gasteiger partial charge < -0.3 is 15.0 Å². The zero-order chi connectivity index (χ0) is 17.6. The maximum absolute atomic E-state index is 12.1. The van der Waals surface area contributed by atoms with Gasteiger partial charge >= 0.3 is 0 Å². The largest absolute Gasteiger partial charge is 0.370 e. The van der Waals surface area contributed by atoms with Crippen LogP contribution in [0.2, 0.25) is 0 Å². The summed E-state index contributed by atoms with van der Waals surface area (Å²) >= 11 is 3.31. The molecule has 0 radical (unpaired) electrons. The average molecular weight is 421 g/mol. The smallest absolute Gasteiger partial charge is 0.240 e. The normalized spacial score (nSPS) is 15.9. The Hall–Kier alpha value is -1.16. The van der Waals surface area contributed by atoms with Gasteiger partial charge in [-0.1, -0.05) is 15.9 Å². The zero-order valence-electron chi connectivity index (χ0n) is 13.6. The number of nitrogens with one attached hydrogen (secondary N) is 2. The molecule has 1 fully saturated rings. The van der Waals surface area contributed by atoms with Crippen LogP contribution in [0.5, 0.6) is 0 Å². The second-order valence-corrected chi connectivity index (χ2v) is 8.53. The molecule has 0 atom stereocenters. The van der Waals surface area contributed by atoms with Gasteiger partial charge in [0.15, 0.2) is 0 Å². The quantitative estimate of drug-likeness (QED) is 0.607. The Morgan fingerprint density at radius 3 is 2.50 bits per heavy atom. The molecule has 0 spiro atoms. The van der Waals surface area contributed by atoms with E-state index in [-0.39, 0.29) is 12.5 Å². The Bertz CT molecular complexity index is 645. The van der Waals surface area contributed by atoms with E-state index in [0.717, 1.165) is 47.9 Å². The highest BCUT2D eigenvalue weighted by atomic mass is 79.9. The molecule has 134 valence electrons. The third-order valence-electron chi connectivity index (χ3n) is 3.80. The van der Waals surface area contributed by atoms with Crippen molar-refractivity contribution in [3.63, 3.8) is 0 Å². The number of anilines is 1. The van der Waals surface area contributed by atoms with E-state index < -0.39 is 10.0 Å². The number of carbonyl (C=O) groups is 1. The van der Waals surface area contributed by atoms with Crippen LogP contribution in [-0.2, 0) is 19.6 Å². The first kappa shape index (κ1) is 19.2. The highest BCUT2D eigenvalue weighted by molar-refractivity contribution is 9.10. The van der Waals surface area contributed by atoms with Gasteiger partial charge in [-0.3, -0.25) is 9.10 Å². The highest BCUT2D eigenvalue weighted by Crippen LogP contribution is 2.20. The molecule has 2 rings (SSSR count). The van der Waals surface area contributed by atoms with Gasteiger partial charge in [0.05, 0.1) is 38.2 Å². The molecule has 0 aromatic heterocycles. The van der Waals surface area contributed by atoms with Gasteiger partial charge in [-0.25, -0.2) is 8.42 Å². The van der Waals surface area contributed by atoms with Gasteiger partial charge in [0.1, 0.15) is 19.6 Å². The number of quaternary nitrogens is 1. The molecule has 7 nitrogen and oxygen atoms in total. The molecule has 0 unspecified atom stereocenters. The average Bonchev–Trinajstić information content (AvgIpc) is 2.54. The van der Waals surface area contributed by atoms with Crippen molar-refractivity contribution in [2.45, 2.75) is 0 Å². The Kier molecular flexibility index (Phi) is 7.02. The molecule has 0 aliphatic carbocycles. The van der Waals surface area contributed by atoms with E-state index >= 15 is 0 Å². The lowest BCUT2D eigenvalue weighted by Gasteiger charge is -2.24. The number of ether oxygens (including phenoxy) is 1. The van der Waals surface area contributed by atoms with Crippen molar-refractivity contribution in [1.82, 2.24) is 5.32 Å². The molecule has 1 saturated heterocycles. The molecule has 9 heteroatoms. The molecule has 2 N–H and O–H groups in total. The van der Waals surface area contributed by atoms with E-state index in [9.17, 15) is 13.2 Å². The molecular formula is C15H23BrN3O4S+. The summed E-state index contributed by atoms with van der Waals surface area (Å²) < 4.78 is 31.2. The molecule has 1 aromatic rings. The van der Waals surface area contributed by atoms with Gasteiger partial charge in [-0.15, -0.1) is 0 Å². The van der Waals surface area contributed by atoms with Crippen LogP contribution in [0.25, 0.3) is 0 Å². The number of nitrogens with zero attached hydrogens (tertiary/aromatic N) is 1. The zero-order valence-corrected chi connectivity index (χ0v) is 16.0. The lowest BCUT2D eigenvalue weighted by atomic mass is 10.3. The second-order valence-electron chi connectivity index (χ2n) is 5.71. The maximum atomic E-state index is 12.1. The number of carbonyl (C=O) groups excluding carboxylic acids is 1. The van der Waals surface area contributed by atoms with Crippen LogP contribution in [0.1, 0.15) is 0 Å². The third-order valence-corrected chi connectivity index (χ3v) is 5.47. The van der Waals surface area contributed by atoms with Crippen molar-refractivity contribution in [3.05, 3.63) is 28.7 Å². The highest BCUT2D eigenvalue weighted by Gasteiger charge is 2.21. The number of amides is 1. The van der Waals surface area contributed by atoms with E-state index in [1.54, 1.807) is 24.3 Å². The first-order valence-electron chi connectivity index (χ1n) is 7.77. The molecule has 0 bridgehead atoms. The van der Waals surface area contributed by atoms with E-state index in [1.807, 2.05) is 0 Å². The second kappa shape index (κ2) is 8.80. The number of hydrogen-bond donors (Lipinski definition) is 2. The summed E-state index contributed by atoms with van der Waals surface area (Å²) in [5.41, 5.74) is 0.467. The summed E-state index contributed by atoms with van der Waals surface area (Å²) in [7, 11) is -3.54. The van der Waals surface area contributed by atoms with Crippen molar-refractivity contribution in [1.29, 1.82) is 0 Å². The monoisotopic (exact) mass is 420 g/mol. The fourth-order valence-electron chi connectivity index (χ4n) is 2.48. The van der Waals surface area contributed by atoms with Crippen molar-refractivity contribution < 1.29 is 22.8 Å². The molecule has 24 heavy (non-hydrogen) atoms. The maximum Gasteiger partial charge on any atom is 0.240 e. The predicted octanol–water partition coefficient (Wildman–Crippen LogP) is -0.754. The topological polar surface area (TPSA) is 80.2 Å². The van der Waals surface area contributed by atoms with E-state index in [0.29, 0.717) is 12.2 Å². The van der Waals surface area contributed by atoms with Crippen LogP contribution in [-0.4, -0.2) is 66.5 Å². The molecule has 1 aromatic carbocycles. The minimum absolute atomic E-state index is 0.223. The van der Waals surface area contributed by atoms with Crippen LogP contribution < -0.4 is 14.5 Å². The van der Waals surface area contributed by atoms with Crippen LogP contribution in [0, 0.1) is 0 Å². The van der Waals surface area contributed by atoms with Gasteiger partial charge in [0.25, 0.3) is 0 Å². The summed E-state index contributed by atoms with van der Waals surface area (Å²) in [6, 6.07) is 6.81. The van der Waals surface area contributed by atoms with E-state index in [1.165, 1.54) is 4.90 Å². The number of sulfonamides is 1. The number of morpholine rings is 1. The van der Waals surface area contributed by atoms with Crippen LogP contribution in [0.15, 0.2) is 28.7 Å². The van der Waals surface area contributed by atoms with Crippen molar-refractivity contribution in [2.24, 2.45) is 0 Å². The molecule has 1 aliphatic heterocycles. The van der Waals surface area contributed by atoms with Crippen LogP contribution in [0.4, 0.5) is 5.69 Å². The summed E-state index contributed by atoms with van der Waals surface area (Å²) in [6.07, 6.45) is 1.10. The lowest BCUT2D eigenvalue weighted by Crippen LogP contribution is -3.14. The number of hydrogen-bond acceptors (Lipinski definition) is 4. The van der Waals surface area contributed by atoms with Gasteiger partial charge in [-0.05, 0) is 24.3 Å². The van der Waals surface area contributed by atoms with Crippen LogP contribution in [0.3, 0.4) is 0 Å². The SMILES string of the molecule is CS(=O)(=O)N(CC(=O)NCC[NH+]1CCOCC1)c1ccc(Br)cc1. The summed E-state index contributed by atoms with van der Waals surface area (Å²) in [5, 5.41) is 2.80. The standard InChI is InChI=1S/C15H22BrN3O4S/c1-24(21,22)19(14-4-2-13(16)3-5-14)12-15(20)17-6-7-18-8-10-23-11-9-18/h2-5H,6-12H2,1H3,(H,17,20)/p+1. The molecule has 1 amide bonds. The van der Waals surface area contributed by atoms with E-state index in [4.69, 9.17) is 4.74 Å². The van der Waals surface area contributed by atoms with Gasteiger partial charge in [0.2, 0.25) is 15.9 Å². The molecule has 1 heterocycles. The van der Waals surface area contributed by atoms with Crippen molar-refractivity contribution in [3.8, 4) is 0 Å². The van der Waals surface area contributed by atoms with E-state index in [2.05, 4.69) is 21.2 Å². The summed E-state index contributed by atoms with van der Waals surface area (Å²) in [4.78, 5) is 13.5. The predicted molar refractivity (Wildman–Crippen MR) is 95.7 cm³/mol. The molecular weight excluding hydrogens is 398 g/mol. The van der Waals surface area contributed by atoms with Crippen LogP contribution >= 0.6 is 15.9 Å². The minimum Gasteiger partial charge on any atom is -0.370 e. The first-order valence-corrected chi connectivity index (χ1v) is 10.4. The Labute approximate surface area is 151 Å². The van der Waals surface area contributed by atoms with Crippen molar-refractivity contribution in [2.75, 3.05) is 56.5 Å². The number of halogens is 1. The number of benzene rings is 1. The third kappa shape index (κ3) is 6.04. The Balaban J connectivity index is 1.89.